The van der Waals surface area contributed by atoms with Crippen molar-refractivity contribution in [2.75, 3.05) is 13.1 Å². The van der Waals surface area contributed by atoms with Gasteiger partial charge in [0.25, 0.3) is 5.56 Å². The van der Waals surface area contributed by atoms with Crippen LogP contribution in [-0.4, -0.2) is 55.9 Å². The molecule has 1 saturated heterocycles. The lowest BCUT2D eigenvalue weighted by Gasteiger charge is -2.38. The highest BCUT2D eigenvalue weighted by Gasteiger charge is 2.33. The average molecular weight is 313 g/mol. The summed E-state index contributed by atoms with van der Waals surface area (Å²) in [6.07, 6.45) is 2.01. The molecule has 2 aromatic rings. The fourth-order valence-corrected chi connectivity index (χ4v) is 2.30. The molecule has 0 N–H and O–H groups in total. The third-order valence-corrected chi connectivity index (χ3v) is 3.52. The van der Waals surface area contributed by atoms with Crippen LogP contribution in [0, 0.1) is 0 Å². The van der Waals surface area contributed by atoms with E-state index in [9.17, 15) is 18.4 Å². The molecule has 3 heterocycles. The summed E-state index contributed by atoms with van der Waals surface area (Å²) in [5.41, 5.74) is 0.0652. The summed E-state index contributed by atoms with van der Waals surface area (Å²) < 4.78 is 30.9. The lowest BCUT2D eigenvalue weighted by molar-refractivity contribution is -0.199. The smallest absolute Gasteiger partial charge is 0.336 e. The van der Waals surface area contributed by atoms with E-state index in [-0.39, 0.29) is 31.1 Å². The standard InChI is InChI=1S/C12H13F2N5O3/c1-17-10-8(2-16-17)11(21)19(6-15-10)5-9(20)18-3-7(4-18)22-12(13)14/h2,6-7,12H,3-5H2,1H3. The molecule has 22 heavy (non-hydrogen) atoms. The van der Waals surface area contributed by atoms with Crippen molar-refractivity contribution in [3.05, 3.63) is 22.9 Å². The van der Waals surface area contributed by atoms with Crippen molar-refractivity contribution in [2.45, 2.75) is 19.3 Å². The van der Waals surface area contributed by atoms with Crippen LogP contribution in [0.1, 0.15) is 0 Å². The van der Waals surface area contributed by atoms with Gasteiger partial charge in [-0.2, -0.15) is 13.9 Å². The number of hydrogen-bond donors (Lipinski definition) is 0. The van der Waals surface area contributed by atoms with Crippen LogP contribution < -0.4 is 5.56 Å². The molecule has 0 radical (unpaired) electrons. The molecular formula is C12H13F2N5O3. The van der Waals surface area contributed by atoms with E-state index in [4.69, 9.17) is 0 Å². The second-order valence-electron chi connectivity index (χ2n) is 5.00. The third-order valence-electron chi connectivity index (χ3n) is 3.52. The Labute approximate surface area is 122 Å². The highest BCUT2D eigenvalue weighted by atomic mass is 19.3. The molecule has 8 nitrogen and oxygen atoms in total. The number of carbonyl (C=O) groups excluding carboxylic acids is 1. The Balaban J connectivity index is 1.68. The number of hydrogen-bond acceptors (Lipinski definition) is 5. The number of aromatic nitrogens is 4. The number of aryl methyl sites for hydroxylation is 1. The van der Waals surface area contributed by atoms with Crippen molar-refractivity contribution in [2.24, 2.45) is 7.05 Å². The van der Waals surface area contributed by atoms with Crippen LogP contribution in [0.25, 0.3) is 11.0 Å². The molecule has 1 fully saturated rings. The molecule has 2 aromatic heterocycles. The Morgan fingerprint density at radius 3 is 2.91 bits per heavy atom. The highest BCUT2D eigenvalue weighted by Crippen LogP contribution is 2.15. The number of fused-ring (bicyclic) bond motifs is 1. The normalized spacial score (nSPS) is 15.5. The van der Waals surface area contributed by atoms with Gasteiger partial charge in [0.15, 0.2) is 5.65 Å². The first kappa shape index (κ1) is 14.6. The minimum atomic E-state index is -2.85. The molecule has 0 aromatic carbocycles. The minimum Gasteiger partial charge on any atom is -0.336 e. The highest BCUT2D eigenvalue weighted by molar-refractivity contribution is 5.78. The van der Waals surface area contributed by atoms with E-state index in [0.29, 0.717) is 11.0 Å². The molecule has 1 aliphatic rings. The van der Waals surface area contributed by atoms with E-state index < -0.39 is 12.7 Å². The Bertz CT molecular complexity index is 766. The van der Waals surface area contributed by atoms with E-state index >= 15 is 0 Å². The molecule has 0 saturated carbocycles. The van der Waals surface area contributed by atoms with Crippen LogP contribution in [0.3, 0.4) is 0 Å². The monoisotopic (exact) mass is 313 g/mol. The molecule has 0 unspecified atom stereocenters. The number of alkyl halides is 2. The third kappa shape index (κ3) is 2.56. The van der Waals surface area contributed by atoms with E-state index in [2.05, 4.69) is 14.8 Å². The minimum absolute atomic E-state index is 0.0977. The van der Waals surface area contributed by atoms with Crippen molar-refractivity contribution in [1.29, 1.82) is 0 Å². The Morgan fingerprint density at radius 1 is 1.50 bits per heavy atom. The number of amides is 1. The van der Waals surface area contributed by atoms with Crippen molar-refractivity contribution in [1.82, 2.24) is 24.2 Å². The number of likely N-dealkylation sites (tertiary alicyclic amines) is 1. The topological polar surface area (TPSA) is 82.2 Å². The number of nitrogens with zero attached hydrogens (tertiary/aromatic N) is 5. The van der Waals surface area contributed by atoms with Crippen LogP contribution in [0.5, 0.6) is 0 Å². The predicted octanol–water partition coefficient (Wildman–Crippen LogP) is -0.420. The molecule has 118 valence electrons. The lowest BCUT2D eigenvalue weighted by Crippen LogP contribution is -2.56. The summed E-state index contributed by atoms with van der Waals surface area (Å²) >= 11 is 0. The maximum atomic E-state index is 12.2. The summed E-state index contributed by atoms with van der Waals surface area (Å²) in [6, 6.07) is 0. The number of ether oxygens (including phenoxy) is 1. The van der Waals surface area contributed by atoms with Crippen molar-refractivity contribution < 1.29 is 18.3 Å². The summed E-state index contributed by atoms with van der Waals surface area (Å²) in [5, 5.41) is 4.25. The van der Waals surface area contributed by atoms with E-state index in [0.717, 1.165) is 0 Å². The van der Waals surface area contributed by atoms with Gasteiger partial charge in [0.1, 0.15) is 18.3 Å². The van der Waals surface area contributed by atoms with Crippen molar-refractivity contribution >= 4 is 16.9 Å². The number of halogens is 2. The first-order valence-electron chi connectivity index (χ1n) is 6.54. The fourth-order valence-electron chi connectivity index (χ4n) is 2.30. The number of carbonyl (C=O) groups is 1. The van der Waals surface area contributed by atoms with Gasteiger partial charge in [0.2, 0.25) is 5.91 Å². The Morgan fingerprint density at radius 2 is 2.23 bits per heavy atom. The van der Waals surface area contributed by atoms with Gasteiger partial charge in [-0.1, -0.05) is 0 Å². The van der Waals surface area contributed by atoms with E-state index in [1.54, 1.807) is 7.05 Å². The number of rotatable bonds is 4. The summed E-state index contributed by atoms with van der Waals surface area (Å²) in [6.45, 7) is -2.85. The molecule has 1 amide bonds. The zero-order valence-corrected chi connectivity index (χ0v) is 11.6. The molecule has 10 heteroatoms. The first-order chi connectivity index (χ1) is 10.5. The molecular weight excluding hydrogens is 300 g/mol. The van der Waals surface area contributed by atoms with Crippen molar-refractivity contribution in [3.8, 4) is 0 Å². The van der Waals surface area contributed by atoms with Gasteiger partial charge in [0.05, 0.1) is 12.3 Å². The molecule has 1 aliphatic heterocycles. The van der Waals surface area contributed by atoms with Gasteiger partial charge in [-0.25, -0.2) is 4.98 Å². The van der Waals surface area contributed by atoms with E-state index in [1.807, 2.05) is 0 Å². The molecule has 3 rings (SSSR count). The molecule has 0 spiro atoms. The largest absolute Gasteiger partial charge is 0.345 e. The van der Waals surface area contributed by atoms with Gasteiger partial charge in [-0.05, 0) is 0 Å². The predicted molar refractivity (Wildman–Crippen MR) is 70.2 cm³/mol. The summed E-state index contributed by atoms with van der Waals surface area (Å²) in [7, 11) is 1.66. The first-order valence-corrected chi connectivity index (χ1v) is 6.54. The zero-order chi connectivity index (χ0) is 15.9. The SMILES string of the molecule is Cn1ncc2c(=O)n(CC(=O)N3CC(OC(F)F)C3)cnc21. The second-order valence-corrected chi connectivity index (χ2v) is 5.00. The van der Waals surface area contributed by atoms with Gasteiger partial charge >= 0.3 is 6.61 Å². The van der Waals surface area contributed by atoms with Crippen LogP contribution in [0.15, 0.2) is 17.3 Å². The maximum absolute atomic E-state index is 12.2. The molecule has 0 aliphatic carbocycles. The quantitative estimate of drug-likeness (QED) is 0.766. The Hall–Kier alpha value is -2.36. The van der Waals surface area contributed by atoms with Crippen LogP contribution in [0.2, 0.25) is 0 Å². The lowest BCUT2D eigenvalue weighted by atomic mass is 10.1. The fraction of sp³-hybridized carbons (Fsp3) is 0.500. The Kier molecular flexibility index (Phi) is 3.61. The summed E-state index contributed by atoms with van der Waals surface area (Å²) in [4.78, 5) is 29.6. The summed E-state index contributed by atoms with van der Waals surface area (Å²) in [5.74, 6) is -0.346. The van der Waals surface area contributed by atoms with Crippen LogP contribution in [-0.2, 0) is 23.1 Å². The van der Waals surface area contributed by atoms with Gasteiger partial charge in [0, 0.05) is 20.1 Å². The molecule has 0 bridgehead atoms. The van der Waals surface area contributed by atoms with Gasteiger partial charge < -0.3 is 9.64 Å². The van der Waals surface area contributed by atoms with Crippen molar-refractivity contribution in [3.63, 3.8) is 0 Å². The maximum Gasteiger partial charge on any atom is 0.345 e. The van der Waals surface area contributed by atoms with Crippen LogP contribution in [0.4, 0.5) is 8.78 Å². The van der Waals surface area contributed by atoms with E-state index in [1.165, 1.54) is 26.7 Å². The second kappa shape index (κ2) is 5.44. The van der Waals surface area contributed by atoms with Crippen LogP contribution >= 0.6 is 0 Å². The van der Waals surface area contributed by atoms with Gasteiger partial charge in [-0.3, -0.25) is 18.8 Å². The zero-order valence-electron chi connectivity index (χ0n) is 11.6. The average Bonchev–Trinajstić information content (AvgIpc) is 2.78. The molecule has 0 atom stereocenters. The van der Waals surface area contributed by atoms with Gasteiger partial charge in [-0.15, -0.1) is 0 Å².